The zero-order chi connectivity index (χ0) is 41.8. The monoisotopic (exact) mass is 804 g/mol. The molecular formula is C47H60N6O6. The van der Waals surface area contributed by atoms with E-state index in [2.05, 4.69) is 22.7 Å². The van der Waals surface area contributed by atoms with Gasteiger partial charge in [-0.3, -0.25) is 19.0 Å². The maximum absolute atomic E-state index is 14.3. The Kier molecular flexibility index (Phi) is 17.6. The normalized spacial score (nSPS) is 11.6. The number of Topliss-reactive ketones (excluding diaryl/α,β-unsaturated/α-hetero) is 1. The van der Waals surface area contributed by atoms with E-state index in [1.54, 1.807) is 18.3 Å². The summed E-state index contributed by atoms with van der Waals surface area (Å²) in [4.78, 5) is 55.3. The molecule has 0 aliphatic heterocycles. The van der Waals surface area contributed by atoms with Gasteiger partial charge in [0.1, 0.15) is 11.4 Å². The lowest BCUT2D eigenvalue weighted by Crippen LogP contribution is -2.39. The van der Waals surface area contributed by atoms with Crippen LogP contribution in [0.15, 0.2) is 102 Å². The number of rotatable bonds is 26. The minimum atomic E-state index is -1.85. The number of imidazole rings is 1. The Morgan fingerprint density at radius 2 is 1.34 bits per heavy atom. The van der Waals surface area contributed by atoms with E-state index in [0.29, 0.717) is 17.8 Å². The van der Waals surface area contributed by atoms with Gasteiger partial charge in [-0.05, 0) is 48.4 Å². The van der Waals surface area contributed by atoms with Gasteiger partial charge in [0.2, 0.25) is 17.6 Å². The summed E-state index contributed by atoms with van der Waals surface area (Å²) in [6.07, 6.45) is 21.8. The first kappa shape index (κ1) is 44.2. The number of nitrogens with zero attached hydrogens (tertiary/aromatic N) is 4. The van der Waals surface area contributed by atoms with E-state index in [1.807, 2.05) is 60.7 Å². The number of nitrogens with one attached hydrogen (secondary N) is 2. The second kappa shape index (κ2) is 23.5. The lowest BCUT2D eigenvalue weighted by Gasteiger charge is -2.18. The summed E-state index contributed by atoms with van der Waals surface area (Å²) in [5.41, 5.74) is 1.18. The van der Waals surface area contributed by atoms with Crippen LogP contribution in [0.5, 0.6) is 11.6 Å². The molecule has 0 saturated carbocycles. The molecule has 3 N–H and O–H groups in total. The molecule has 0 aliphatic carbocycles. The topological polar surface area (TPSA) is 149 Å². The second-order valence-corrected chi connectivity index (χ2v) is 15.2. The van der Waals surface area contributed by atoms with Crippen LogP contribution in [-0.4, -0.2) is 48.7 Å². The highest BCUT2D eigenvalue weighted by Gasteiger charge is 2.36. The van der Waals surface area contributed by atoms with E-state index >= 15 is 0 Å². The van der Waals surface area contributed by atoms with E-state index < -0.39 is 29.3 Å². The highest BCUT2D eigenvalue weighted by molar-refractivity contribution is 6.15. The number of ether oxygens (including phenoxy) is 1. The molecule has 0 spiro atoms. The van der Waals surface area contributed by atoms with Gasteiger partial charge in [-0.2, -0.15) is 5.10 Å². The van der Waals surface area contributed by atoms with Crippen LogP contribution >= 0.6 is 0 Å². The van der Waals surface area contributed by atoms with Gasteiger partial charge >= 0.3 is 5.69 Å². The molecule has 0 bridgehead atoms. The van der Waals surface area contributed by atoms with Crippen LogP contribution < -0.4 is 21.1 Å². The smallest absolute Gasteiger partial charge is 0.332 e. The summed E-state index contributed by atoms with van der Waals surface area (Å²) in [5.74, 6) is -2.21. The highest BCUT2D eigenvalue weighted by Crippen LogP contribution is 2.30. The molecule has 2 heterocycles. The maximum Gasteiger partial charge on any atom is 0.332 e. The number of anilines is 2. The molecule has 1 unspecified atom stereocenters. The van der Waals surface area contributed by atoms with Crippen molar-refractivity contribution in [3.05, 3.63) is 119 Å². The van der Waals surface area contributed by atoms with Gasteiger partial charge in [-0.1, -0.05) is 145 Å². The third-order valence-corrected chi connectivity index (χ3v) is 10.5. The van der Waals surface area contributed by atoms with E-state index in [1.165, 1.54) is 112 Å². The molecule has 0 aliphatic rings. The Morgan fingerprint density at radius 1 is 0.746 bits per heavy atom. The van der Waals surface area contributed by atoms with E-state index in [4.69, 9.17) is 4.74 Å². The summed E-state index contributed by atoms with van der Waals surface area (Å²) in [7, 11) is 1.43. The highest BCUT2D eigenvalue weighted by atomic mass is 16.5. The Hall–Kier alpha value is -5.91. The van der Waals surface area contributed by atoms with Crippen LogP contribution in [0.3, 0.4) is 0 Å². The Labute approximate surface area is 347 Å². The number of hydrogen-bond donors (Lipinski definition) is 3. The largest absolute Gasteiger partial charge is 0.495 e. The number of carbonyl (C=O) groups excluding carboxylic acids is 3. The maximum atomic E-state index is 14.3. The van der Waals surface area contributed by atoms with Crippen LogP contribution in [0.25, 0.3) is 5.69 Å². The Morgan fingerprint density at radius 3 is 1.95 bits per heavy atom. The predicted molar refractivity (Wildman–Crippen MR) is 233 cm³/mol. The molecule has 12 nitrogen and oxygen atoms in total. The van der Waals surface area contributed by atoms with Gasteiger partial charge in [0.15, 0.2) is 6.04 Å². The van der Waals surface area contributed by atoms with Gasteiger partial charge < -0.3 is 20.5 Å². The number of aromatic hydroxyl groups is 1. The SMILES string of the molecule is CCCCCCCCCCCCCCCCCC(=O)Nc1ccc(OC)c(NC(=O)C(C(=O)c2ccn(-c3ccccc3)n2)n2c(O)cn(Cc3ccccc3)c2=O)c1. The summed E-state index contributed by atoms with van der Waals surface area (Å²) >= 11 is 0. The lowest BCUT2D eigenvalue weighted by atomic mass is 10.0. The van der Waals surface area contributed by atoms with Gasteiger partial charge in [0.25, 0.3) is 5.91 Å². The molecule has 0 radical (unpaired) electrons. The zero-order valence-electron chi connectivity index (χ0n) is 34.6. The zero-order valence-corrected chi connectivity index (χ0v) is 34.6. The molecule has 5 rings (SSSR count). The summed E-state index contributed by atoms with van der Waals surface area (Å²) in [6.45, 7) is 2.35. The Balaban J connectivity index is 1.20. The quantitative estimate of drug-likeness (QED) is 0.0286. The van der Waals surface area contributed by atoms with Gasteiger partial charge in [0.05, 0.1) is 31.2 Å². The number of carbonyl (C=O) groups is 3. The second-order valence-electron chi connectivity index (χ2n) is 15.2. The van der Waals surface area contributed by atoms with E-state index in [0.717, 1.165) is 29.4 Å². The number of unbranched alkanes of at least 4 members (excludes halogenated alkanes) is 14. The Bertz CT molecular complexity index is 2120. The lowest BCUT2D eigenvalue weighted by molar-refractivity contribution is -0.118. The van der Waals surface area contributed by atoms with Crippen molar-refractivity contribution in [3.8, 4) is 17.3 Å². The minimum Gasteiger partial charge on any atom is -0.495 e. The first-order chi connectivity index (χ1) is 28.8. The standard InChI is InChI=1S/C47H60N6O6/c1-3-4-5-6-7-8-9-10-11-12-13-14-15-16-23-28-42(54)48-37-29-30-41(59-2)40(33-37)49-46(57)44(45(56)39-31-32-52(50-39)38-26-21-18-22-27-38)53-43(55)35-51(47(53)58)34-36-24-19-17-20-25-36/h17-22,24-27,29-33,35,44,55H,3-16,23,28,34H2,1-2H3,(H,48,54)(H,49,57). The van der Waals surface area contributed by atoms with Crippen molar-refractivity contribution in [2.24, 2.45) is 0 Å². The van der Waals surface area contributed by atoms with Crippen molar-refractivity contribution in [1.82, 2.24) is 18.9 Å². The fraction of sp³-hybridized carbons (Fsp3) is 0.426. The predicted octanol–water partition coefficient (Wildman–Crippen LogP) is 9.86. The van der Waals surface area contributed by atoms with E-state index in [9.17, 15) is 24.3 Å². The fourth-order valence-electron chi connectivity index (χ4n) is 7.27. The first-order valence-corrected chi connectivity index (χ1v) is 21.3. The van der Waals surface area contributed by atoms with Crippen LogP contribution in [0, 0.1) is 0 Å². The number of ketones is 1. The molecule has 0 fully saturated rings. The van der Waals surface area contributed by atoms with Gasteiger partial charge in [-0.25, -0.2) is 14.0 Å². The van der Waals surface area contributed by atoms with Crippen LogP contribution in [0.4, 0.5) is 11.4 Å². The molecule has 59 heavy (non-hydrogen) atoms. The number of benzene rings is 3. The third-order valence-electron chi connectivity index (χ3n) is 10.5. The number of para-hydroxylation sites is 1. The number of methoxy groups -OCH3 is 1. The molecule has 5 aromatic rings. The van der Waals surface area contributed by atoms with Crippen molar-refractivity contribution in [2.75, 3.05) is 17.7 Å². The minimum absolute atomic E-state index is 0.0945. The number of aromatic nitrogens is 4. The number of amides is 2. The average Bonchev–Trinajstić information content (AvgIpc) is 3.84. The average molecular weight is 805 g/mol. The summed E-state index contributed by atoms with van der Waals surface area (Å²) in [5, 5.41) is 21.2. The van der Waals surface area contributed by atoms with Crippen molar-refractivity contribution in [3.63, 3.8) is 0 Å². The molecule has 0 saturated heterocycles. The molecule has 3 aromatic carbocycles. The van der Waals surface area contributed by atoms with Crippen LogP contribution in [-0.2, 0) is 16.1 Å². The molecule has 2 amide bonds. The molecule has 314 valence electrons. The van der Waals surface area contributed by atoms with Crippen molar-refractivity contribution in [2.45, 2.75) is 122 Å². The van der Waals surface area contributed by atoms with Crippen LogP contribution in [0.1, 0.15) is 132 Å². The van der Waals surface area contributed by atoms with E-state index in [-0.39, 0.29) is 29.6 Å². The van der Waals surface area contributed by atoms with Gasteiger partial charge in [0, 0.05) is 18.3 Å². The number of hydrogen-bond acceptors (Lipinski definition) is 7. The third kappa shape index (κ3) is 13.3. The molecule has 1 atom stereocenters. The van der Waals surface area contributed by atoms with Crippen molar-refractivity contribution < 1.29 is 24.2 Å². The first-order valence-electron chi connectivity index (χ1n) is 21.3. The van der Waals surface area contributed by atoms with Crippen LogP contribution in [0.2, 0.25) is 0 Å². The molecule has 12 heteroatoms. The summed E-state index contributed by atoms with van der Waals surface area (Å²) < 4.78 is 9.00. The molecular weight excluding hydrogens is 745 g/mol. The van der Waals surface area contributed by atoms with Gasteiger partial charge in [-0.15, -0.1) is 0 Å². The molecule has 2 aromatic heterocycles. The van der Waals surface area contributed by atoms with Crippen molar-refractivity contribution in [1.29, 1.82) is 0 Å². The van der Waals surface area contributed by atoms with Crippen molar-refractivity contribution >= 4 is 29.0 Å². The fourth-order valence-corrected chi connectivity index (χ4v) is 7.27. The summed E-state index contributed by atoms with van der Waals surface area (Å²) in [6, 6.07) is 22.7.